The van der Waals surface area contributed by atoms with Gasteiger partial charge in [0.25, 0.3) is 5.91 Å². The zero-order valence-electron chi connectivity index (χ0n) is 11.9. The van der Waals surface area contributed by atoms with Crippen molar-refractivity contribution in [1.29, 1.82) is 0 Å². The molecule has 1 aliphatic rings. The predicted octanol–water partition coefficient (Wildman–Crippen LogP) is 2.03. The van der Waals surface area contributed by atoms with Gasteiger partial charge in [0.05, 0.1) is 17.6 Å². The normalized spacial score (nSPS) is 14.2. The molecule has 6 heteroatoms. The second-order valence-electron chi connectivity index (χ2n) is 5.07. The van der Waals surface area contributed by atoms with Crippen LogP contribution in [0.15, 0.2) is 30.7 Å². The Hall–Kier alpha value is -2.50. The van der Waals surface area contributed by atoms with Crippen LogP contribution in [0.5, 0.6) is 0 Å². The second-order valence-corrected chi connectivity index (χ2v) is 5.07. The summed E-state index contributed by atoms with van der Waals surface area (Å²) < 4.78 is 0. The minimum Gasteiger partial charge on any atom is -0.355 e. The van der Waals surface area contributed by atoms with E-state index in [0.717, 1.165) is 37.4 Å². The molecular weight excluding hydrogens is 266 g/mol. The molecule has 0 radical (unpaired) electrons. The largest absolute Gasteiger partial charge is 0.355 e. The lowest BCUT2D eigenvalue weighted by molar-refractivity contribution is 0.102. The lowest BCUT2D eigenvalue weighted by Crippen LogP contribution is -2.22. The topological polar surface area (TPSA) is 71.0 Å². The third-order valence-corrected chi connectivity index (χ3v) is 3.45. The van der Waals surface area contributed by atoms with E-state index in [-0.39, 0.29) is 5.91 Å². The van der Waals surface area contributed by atoms with Crippen LogP contribution < -0.4 is 10.2 Å². The Bertz CT molecular complexity index is 635. The number of aryl methyl sites for hydroxylation is 1. The van der Waals surface area contributed by atoms with E-state index >= 15 is 0 Å². The van der Waals surface area contributed by atoms with E-state index in [1.165, 1.54) is 6.20 Å². The zero-order valence-corrected chi connectivity index (χ0v) is 11.9. The number of carbonyl (C=O) groups excluding carboxylic acids is 1. The van der Waals surface area contributed by atoms with Gasteiger partial charge in [-0.3, -0.25) is 9.78 Å². The summed E-state index contributed by atoms with van der Waals surface area (Å²) in [5.74, 6) is 0.555. The van der Waals surface area contributed by atoms with Gasteiger partial charge < -0.3 is 10.2 Å². The van der Waals surface area contributed by atoms with E-state index in [0.29, 0.717) is 11.4 Å². The Morgan fingerprint density at radius 3 is 2.71 bits per heavy atom. The average Bonchev–Trinajstić information content (AvgIpc) is 3.02. The molecule has 0 unspecified atom stereocenters. The van der Waals surface area contributed by atoms with Gasteiger partial charge in [0, 0.05) is 25.5 Å². The molecule has 0 aromatic carbocycles. The number of rotatable bonds is 3. The fraction of sp³-hybridized carbons (Fsp3) is 0.333. The molecule has 1 N–H and O–H groups in total. The van der Waals surface area contributed by atoms with E-state index in [2.05, 4.69) is 25.2 Å². The maximum atomic E-state index is 12.2. The first kappa shape index (κ1) is 13.5. The fourth-order valence-corrected chi connectivity index (χ4v) is 2.37. The summed E-state index contributed by atoms with van der Waals surface area (Å²) >= 11 is 0. The van der Waals surface area contributed by atoms with E-state index in [4.69, 9.17) is 0 Å². The molecule has 1 saturated heterocycles. The quantitative estimate of drug-likeness (QED) is 0.933. The van der Waals surface area contributed by atoms with Gasteiger partial charge in [0.1, 0.15) is 5.69 Å². The van der Waals surface area contributed by atoms with Gasteiger partial charge in [-0.2, -0.15) is 0 Å². The first-order valence-corrected chi connectivity index (χ1v) is 7.04. The standard InChI is InChI=1S/C15H17N5O/c1-11-9-18-13(10-17-11)15(21)19-12-5-4-6-16-14(12)20-7-2-3-8-20/h4-6,9-10H,2-3,7-8H2,1H3,(H,19,21). The highest BCUT2D eigenvalue weighted by molar-refractivity contribution is 6.04. The zero-order chi connectivity index (χ0) is 14.7. The minimum absolute atomic E-state index is 0.268. The third-order valence-electron chi connectivity index (χ3n) is 3.45. The number of carbonyl (C=O) groups is 1. The summed E-state index contributed by atoms with van der Waals surface area (Å²) in [6, 6.07) is 3.68. The van der Waals surface area contributed by atoms with Crippen LogP contribution in [0.25, 0.3) is 0 Å². The Morgan fingerprint density at radius 2 is 2.00 bits per heavy atom. The Kier molecular flexibility index (Phi) is 3.77. The first-order chi connectivity index (χ1) is 10.2. The van der Waals surface area contributed by atoms with E-state index in [1.807, 2.05) is 19.1 Å². The summed E-state index contributed by atoms with van der Waals surface area (Å²) in [4.78, 5) is 27.0. The van der Waals surface area contributed by atoms with Crippen molar-refractivity contribution >= 4 is 17.4 Å². The van der Waals surface area contributed by atoms with Crippen molar-refractivity contribution in [1.82, 2.24) is 15.0 Å². The van der Waals surface area contributed by atoms with E-state index in [9.17, 15) is 4.79 Å². The van der Waals surface area contributed by atoms with Crippen LogP contribution >= 0.6 is 0 Å². The molecule has 1 fully saturated rings. The summed E-state index contributed by atoms with van der Waals surface area (Å²) in [7, 11) is 0. The molecule has 0 aliphatic carbocycles. The van der Waals surface area contributed by atoms with Crippen LogP contribution in [-0.4, -0.2) is 33.9 Å². The summed E-state index contributed by atoms with van der Waals surface area (Å²) in [5, 5.41) is 2.88. The molecule has 3 heterocycles. The van der Waals surface area contributed by atoms with Crippen LogP contribution in [0.4, 0.5) is 11.5 Å². The first-order valence-electron chi connectivity index (χ1n) is 7.04. The maximum Gasteiger partial charge on any atom is 0.275 e. The van der Waals surface area contributed by atoms with Crippen molar-refractivity contribution in [2.45, 2.75) is 19.8 Å². The van der Waals surface area contributed by atoms with Crippen LogP contribution in [0.1, 0.15) is 29.0 Å². The van der Waals surface area contributed by atoms with Crippen molar-refractivity contribution in [3.63, 3.8) is 0 Å². The van der Waals surface area contributed by atoms with Crippen molar-refractivity contribution in [2.24, 2.45) is 0 Å². The van der Waals surface area contributed by atoms with Crippen molar-refractivity contribution in [3.05, 3.63) is 42.1 Å². The molecule has 108 valence electrons. The van der Waals surface area contributed by atoms with Gasteiger partial charge in [0.2, 0.25) is 0 Å². The molecule has 1 aliphatic heterocycles. The van der Waals surface area contributed by atoms with Gasteiger partial charge in [0.15, 0.2) is 5.82 Å². The van der Waals surface area contributed by atoms with Crippen LogP contribution in [-0.2, 0) is 0 Å². The molecule has 0 saturated carbocycles. The molecule has 21 heavy (non-hydrogen) atoms. The number of nitrogens with zero attached hydrogens (tertiary/aromatic N) is 4. The molecule has 0 bridgehead atoms. The van der Waals surface area contributed by atoms with Crippen molar-refractivity contribution in [2.75, 3.05) is 23.3 Å². The molecule has 2 aromatic heterocycles. The Labute approximate surface area is 123 Å². The molecule has 3 rings (SSSR count). The van der Waals surface area contributed by atoms with Gasteiger partial charge in [-0.15, -0.1) is 0 Å². The lowest BCUT2D eigenvalue weighted by Gasteiger charge is -2.19. The lowest BCUT2D eigenvalue weighted by atomic mass is 10.3. The summed E-state index contributed by atoms with van der Waals surface area (Å²) in [6.07, 6.45) is 7.13. The smallest absolute Gasteiger partial charge is 0.275 e. The highest BCUT2D eigenvalue weighted by Crippen LogP contribution is 2.26. The maximum absolute atomic E-state index is 12.2. The molecule has 0 spiro atoms. The number of pyridine rings is 1. The number of hydrogen-bond donors (Lipinski definition) is 1. The summed E-state index contributed by atoms with van der Waals surface area (Å²) in [6.45, 7) is 3.79. The number of nitrogens with one attached hydrogen (secondary N) is 1. The third kappa shape index (κ3) is 2.99. The van der Waals surface area contributed by atoms with Crippen LogP contribution in [0.3, 0.4) is 0 Å². The molecule has 1 amide bonds. The number of anilines is 2. The monoisotopic (exact) mass is 283 g/mol. The van der Waals surface area contributed by atoms with Crippen LogP contribution in [0, 0.1) is 6.92 Å². The number of amides is 1. The SMILES string of the molecule is Cc1cnc(C(=O)Nc2cccnc2N2CCCC2)cn1. The summed E-state index contributed by atoms with van der Waals surface area (Å²) in [5.41, 5.74) is 1.80. The van der Waals surface area contributed by atoms with Gasteiger partial charge in [-0.05, 0) is 31.9 Å². The van der Waals surface area contributed by atoms with Crippen LogP contribution in [0.2, 0.25) is 0 Å². The highest BCUT2D eigenvalue weighted by atomic mass is 16.1. The minimum atomic E-state index is -0.268. The highest BCUT2D eigenvalue weighted by Gasteiger charge is 2.18. The predicted molar refractivity (Wildman–Crippen MR) is 80.4 cm³/mol. The van der Waals surface area contributed by atoms with E-state index < -0.39 is 0 Å². The Morgan fingerprint density at radius 1 is 1.19 bits per heavy atom. The fourth-order valence-electron chi connectivity index (χ4n) is 2.37. The van der Waals surface area contributed by atoms with Gasteiger partial charge >= 0.3 is 0 Å². The Balaban J connectivity index is 1.81. The van der Waals surface area contributed by atoms with Crippen molar-refractivity contribution in [3.8, 4) is 0 Å². The molecule has 0 atom stereocenters. The number of aromatic nitrogens is 3. The molecular formula is C15H17N5O. The van der Waals surface area contributed by atoms with Crippen molar-refractivity contribution < 1.29 is 4.79 Å². The molecule has 6 nitrogen and oxygen atoms in total. The average molecular weight is 283 g/mol. The second kappa shape index (κ2) is 5.87. The van der Waals surface area contributed by atoms with Gasteiger partial charge in [-0.25, -0.2) is 9.97 Å². The number of hydrogen-bond acceptors (Lipinski definition) is 5. The molecule has 2 aromatic rings. The van der Waals surface area contributed by atoms with E-state index in [1.54, 1.807) is 12.4 Å². The van der Waals surface area contributed by atoms with Gasteiger partial charge in [-0.1, -0.05) is 0 Å².